The zero-order valence-electron chi connectivity index (χ0n) is 16.9. The number of hydrogen-bond acceptors (Lipinski definition) is 5. The number of rotatable bonds is 4. The van der Waals surface area contributed by atoms with Crippen LogP contribution in [0.3, 0.4) is 0 Å². The number of amides is 1. The topological polar surface area (TPSA) is 79.6 Å². The maximum Gasteiger partial charge on any atom is 0.410 e. The molecule has 0 spiro atoms. The average molecular weight is 404 g/mol. The van der Waals surface area contributed by atoms with Crippen LogP contribution >= 0.6 is 0 Å². The van der Waals surface area contributed by atoms with Crippen molar-refractivity contribution in [2.24, 2.45) is 5.92 Å². The Morgan fingerprint density at radius 3 is 2.50 bits per heavy atom. The van der Waals surface area contributed by atoms with Crippen molar-refractivity contribution < 1.29 is 19.1 Å². The van der Waals surface area contributed by atoms with Gasteiger partial charge in [-0.1, -0.05) is 36.4 Å². The van der Waals surface area contributed by atoms with Gasteiger partial charge in [0.15, 0.2) is 5.78 Å². The number of carbonyl (C=O) groups excluding carboxylic acids is 2. The standard InChI is InChI=1S/C24H24N2O4/c1-16-7-8-22(19(9-16)12-25)23(27)18-10-20-14-29-15-21(11-18)26(20)24(28)30-13-17-5-3-2-4-6-17/h2-9,18,20-21H,10-11,13-15H2,1H3. The van der Waals surface area contributed by atoms with Crippen molar-refractivity contribution in [1.82, 2.24) is 4.90 Å². The molecule has 2 heterocycles. The highest BCUT2D eigenvalue weighted by molar-refractivity contribution is 6.00. The summed E-state index contributed by atoms with van der Waals surface area (Å²) in [5.74, 6) is -0.266. The van der Waals surface area contributed by atoms with E-state index in [2.05, 4.69) is 6.07 Å². The molecule has 0 N–H and O–H groups in total. The Morgan fingerprint density at radius 2 is 1.83 bits per heavy atom. The van der Waals surface area contributed by atoms with Crippen molar-refractivity contribution in [1.29, 1.82) is 5.26 Å². The minimum atomic E-state index is -0.365. The van der Waals surface area contributed by atoms with Gasteiger partial charge < -0.3 is 9.47 Å². The maximum atomic E-state index is 13.2. The van der Waals surface area contributed by atoms with Gasteiger partial charge in [0.1, 0.15) is 6.61 Å². The Balaban J connectivity index is 1.46. The molecule has 0 radical (unpaired) electrons. The van der Waals surface area contributed by atoms with Gasteiger partial charge in [-0.25, -0.2) is 4.79 Å². The minimum absolute atomic E-state index is 0.0271. The molecule has 154 valence electrons. The van der Waals surface area contributed by atoms with Crippen LogP contribution in [0.2, 0.25) is 0 Å². The van der Waals surface area contributed by atoms with Crippen LogP contribution in [-0.2, 0) is 16.1 Å². The number of nitriles is 1. The third-order valence-corrected chi connectivity index (χ3v) is 5.87. The Kier molecular flexibility index (Phi) is 5.82. The zero-order chi connectivity index (χ0) is 21.1. The van der Waals surface area contributed by atoms with E-state index in [4.69, 9.17) is 9.47 Å². The molecule has 2 saturated heterocycles. The molecule has 2 bridgehead atoms. The molecule has 2 aromatic rings. The predicted octanol–water partition coefficient (Wildman–Crippen LogP) is 3.87. The maximum absolute atomic E-state index is 13.2. The molecule has 6 heteroatoms. The van der Waals surface area contributed by atoms with Crippen LogP contribution in [0.5, 0.6) is 0 Å². The third-order valence-electron chi connectivity index (χ3n) is 5.87. The van der Waals surface area contributed by atoms with Gasteiger partial charge >= 0.3 is 6.09 Å². The number of fused-ring (bicyclic) bond motifs is 2. The molecule has 0 aromatic heterocycles. The minimum Gasteiger partial charge on any atom is -0.445 e. The van der Waals surface area contributed by atoms with E-state index in [9.17, 15) is 14.9 Å². The Bertz CT molecular complexity index is 968. The molecular weight excluding hydrogens is 380 g/mol. The number of ether oxygens (including phenoxy) is 2. The first-order chi connectivity index (χ1) is 14.6. The zero-order valence-corrected chi connectivity index (χ0v) is 16.9. The lowest BCUT2D eigenvalue weighted by Gasteiger charge is -2.47. The first-order valence-corrected chi connectivity index (χ1v) is 10.2. The number of Topliss-reactive ketones (excluding diaryl/α,β-unsaturated/α-hetero) is 1. The summed E-state index contributed by atoms with van der Waals surface area (Å²) in [6, 6.07) is 16.6. The average Bonchev–Trinajstić information content (AvgIpc) is 2.76. The lowest BCUT2D eigenvalue weighted by Crippen LogP contribution is -2.59. The van der Waals surface area contributed by atoms with Crippen LogP contribution in [0.25, 0.3) is 0 Å². The van der Waals surface area contributed by atoms with Gasteiger partial charge in [-0.3, -0.25) is 9.69 Å². The van der Waals surface area contributed by atoms with Gasteiger partial charge in [-0.05, 0) is 43.0 Å². The van der Waals surface area contributed by atoms with Crippen LogP contribution in [0.1, 0.15) is 39.9 Å². The number of nitrogens with zero attached hydrogens (tertiary/aromatic N) is 2. The van der Waals surface area contributed by atoms with Crippen molar-refractivity contribution in [2.45, 2.75) is 38.5 Å². The van der Waals surface area contributed by atoms with E-state index in [1.807, 2.05) is 43.3 Å². The molecule has 2 aromatic carbocycles. The van der Waals surface area contributed by atoms with E-state index in [0.717, 1.165) is 11.1 Å². The van der Waals surface area contributed by atoms with E-state index in [1.165, 1.54) is 0 Å². The largest absolute Gasteiger partial charge is 0.445 e. The van der Waals surface area contributed by atoms with Gasteiger partial charge in [-0.2, -0.15) is 5.26 Å². The molecule has 2 fully saturated rings. The summed E-state index contributed by atoms with van der Waals surface area (Å²) in [6.45, 7) is 2.89. The second-order valence-electron chi connectivity index (χ2n) is 7.99. The quantitative estimate of drug-likeness (QED) is 0.723. The molecule has 6 nitrogen and oxygen atoms in total. The third kappa shape index (κ3) is 4.07. The first kappa shape index (κ1) is 20.1. The van der Waals surface area contributed by atoms with E-state index < -0.39 is 0 Å². The normalized spacial score (nSPS) is 22.8. The van der Waals surface area contributed by atoms with E-state index in [0.29, 0.717) is 37.2 Å². The molecule has 4 rings (SSSR count). The Labute approximate surface area is 176 Å². The fourth-order valence-corrected chi connectivity index (χ4v) is 4.41. The Morgan fingerprint density at radius 1 is 1.13 bits per heavy atom. The number of benzene rings is 2. The lowest BCUT2D eigenvalue weighted by molar-refractivity contribution is -0.0755. The molecule has 0 aliphatic carbocycles. The molecule has 2 unspecified atom stereocenters. The van der Waals surface area contributed by atoms with Crippen molar-refractivity contribution in [3.05, 3.63) is 70.8 Å². The number of morpholine rings is 1. The molecule has 30 heavy (non-hydrogen) atoms. The monoisotopic (exact) mass is 404 g/mol. The summed E-state index contributed by atoms with van der Waals surface area (Å²) in [5.41, 5.74) is 2.75. The first-order valence-electron chi connectivity index (χ1n) is 10.2. The fourth-order valence-electron chi connectivity index (χ4n) is 4.41. The van der Waals surface area contributed by atoms with Gasteiger partial charge in [-0.15, -0.1) is 0 Å². The number of aryl methyl sites for hydroxylation is 1. The second kappa shape index (κ2) is 8.68. The van der Waals surface area contributed by atoms with Crippen molar-refractivity contribution in [3.63, 3.8) is 0 Å². The van der Waals surface area contributed by atoms with Crippen molar-refractivity contribution in [3.8, 4) is 6.07 Å². The summed E-state index contributed by atoms with van der Waals surface area (Å²) in [4.78, 5) is 27.7. The van der Waals surface area contributed by atoms with Gasteiger partial charge in [0.05, 0.1) is 36.9 Å². The van der Waals surface area contributed by atoms with Crippen LogP contribution in [-0.4, -0.2) is 42.1 Å². The smallest absolute Gasteiger partial charge is 0.410 e. The summed E-state index contributed by atoms with van der Waals surface area (Å²) >= 11 is 0. The van der Waals surface area contributed by atoms with Crippen LogP contribution < -0.4 is 0 Å². The summed E-state index contributed by atoms with van der Waals surface area (Å²) in [5, 5.41) is 9.43. The van der Waals surface area contributed by atoms with Crippen molar-refractivity contribution in [2.75, 3.05) is 13.2 Å². The predicted molar refractivity (Wildman–Crippen MR) is 110 cm³/mol. The second-order valence-corrected chi connectivity index (χ2v) is 7.99. The molecule has 2 atom stereocenters. The molecule has 2 aliphatic rings. The SMILES string of the molecule is Cc1ccc(C(=O)C2CC3COCC(C2)N3C(=O)OCc2ccccc2)c(C#N)c1. The fraction of sp³-hybridized carbons (Fsp3) is 0.375. The molecule has 2 aliphatic heterocycles. The van der Waals surface area contributed by atoms with Crippen LogP contribution in [0.4, 0.5) is 4.79 Å². The number of carbonyl (C=O) groups is 2. The van der Waals surface area contributed by atoms with E-state index in [1.54, 1.807) is 17.0 Å². The van der Waals surface area contributed by atoms with Crippen LogP contribution in [0.15, 0.2) is 48.5 Å². The number of piperidine rings is 1. The number of hydrogen-bond donors (Lipinski definition) is 0. The Hall–Kier alpha value is -3.17. The molecule has 1 amide bonds. The summed E-state index contributed by atoms with van der Waals surface area (Å²) in [6.07, 6.45) is 0.652. The van der Waals surface area contributed by atoms with Gasteiger partial charge in [0.25, 0.3) is 0 Å². The molecular formula is C24H24N2O4. The highest BCUT2D eigenvalue weighted by Crippen LogP contribution is 2.34. The summed E-state index contributed by atoms with van der Waals surface area (Å²) in [7, 11) is 0. The highest BCUT2D eigenvalue weighted by Gasteiger charge is 2.44. The lowest BCUT2D eigenvalue weighted by atomic mass is 9.80. The van der Waals surface area contributed by atoms with Crippen LogP contribution in [0, 0.1) is 24.2 Å². The summed E-state index contributed by atoms with van der Waals surface area (Å²) < 4.78 is 11.2. The number of ketones is 1. The van der Waals surface area contributed by atoms with Gasteiger partial charge in [0, 0.05) is 11.5 Å². The highest BCUT2D eigenvalue weighted by atomic mass is 16.6. The van der Waals surface area contributed by atoms with Crippen molar-refractivity contribution >= 4 is 11.9 Å². The van der Waals surface area contributed by atoms with E-state index >= 15 is 0 Å². The van der Waals surface area contributed by atoms with Gasteiger partial charge in [0.2, 0.25) is 0 Å². The van der Waals surface area contributed by atoms with E-state index in [-0.39, 0.29) is 36.5 Å². The molecule has 0 saturated carbocycles.